The third-order valence-electron chi connectivity index (χ3n) is 2.31. The van der Waals surface area contributed by atoms with Gasteiger partial charge < -0.3 is 5.73 Å². The van der Waals surface area contributed by atoms with Gasteiger partial charge in [0.05, 0.1) is 0 Å². The van der Waals surface area contributed by atoms with Crippen LogP contribution in [0.3, 0.4) is 0 Å². The van der Waals surface area contributed by atoms with Crippen LogP contribution < -0.4 is 5.73 Å². The van der Waals surface area contributed by atoms with Gasteiger partial charge in [-0.05, 0) is 30.4 Å². The minimum Gasteiger partial charge on any atom is -0.326 e. The molecule has 0 aliphatic rings. The van der Waals surface area contributed by atoms with Crippen LogP contribution in [0.25, 0.3) is 0 Å². The summed E-state index contributed by atoms with van der Waals surface area (Å²) in [6, 6.07) is 6.73. The number of nitrogens with two attached hydrogens (primary N) is 1. The van der Waals surface area contributed by atoms with E-state index >= 15 is 0 Å². The first-order valence-electron chi connectivity index (χ1n) is 4.72. The lowest BCUT2D eigenvalue weighted by Crippen LogP contribution is -2.25. The molecule has 0 bridgehead atoms. The summed E-state index contributed by atoms with van der Waals surface area (Å²) in [7, 11) is 0. The third kappa shape index (κ3) is 2.72. The van der Waals surface area contributed by atoms with E-state index in [-0.39, 0.29) is 17.1 Å². The maximum absolute atomic E-state index is 12.7. The fraction of sp³-hybridized carbons (Fsp3) is 0.455. The Balaban J connectivity index is 2.84. The molecule has 0 saturated heterocycles. The summed E-state index contributed by atoms with van der Waals surface area (Å²) in [6.07, 6.45) is 2.96. The van der Waals surface area contributed by atoms with Crippen molar-refractivity contribution >= 4 is 11.8 Å². The van der Waals surface area contributed by atoms with Gasteiger partial charge in [-0.25, -0.2) is 4.39 Å². The second-order valence-corrected chi connectivity index (χ2v) is 4.26. The van der Waals surface area contributed by atoms with E-state index in [1.165, 1.54) is 12.1 Å². The van der Waals surface area contributed by atoms with Crippen LogP contribution in [0.1, 0.15) is 24.2 Å². The van der Waals surface area contributed by atoms with Crippen molar-refractivity contribution in [2.75, 3.05) is 6.26 Å². The zero-order valence-electron chi connectivity index (χ0n) is 8.53. The SMILES string of the molecule is CCC(N)C(SC)c1ccc(F)cc1. The van der Waals surface area contributed by atoms with E-state index in [0.29, 0.717) is 0 Å². The number of benzene rings is 1. The Morgan fingerprint density at radius 1 is 1.36 bits per heavy atom. The van der Waals surface area contributed by atoms with E-state index in [1.807, 2.05) is 18.4 Å². The van der Waals surface area contributed by atoms with E-state index in [4.69, 9.17) is 5.73 Å². The second-order valence-electron chi connectivity index (χ2n) is 3.28. The van der Waals surface area contributed by atoms with Crippen molar-refractivity contribution in [3.8, 4) is 0 Å². The lowest BCUT2D eigenvalue weighted by atomic mass is 10.0. The van der Waals surface area contributed by atoms with Crippen LogP contribution in [0.5, 0.6) is 0 Å². The van der Waals surface area contributed by atoms with E-state index in [0.717, 1.165) is 12.0 Å². The Morgan fingerprint density at radius 2 is 1.93 bits per heavy atom. The van der Waals surface area contributed by atoms with Crippen LogP contribution >= 0.6 is 11.8 Å². The molecule has 0 heterocycles. The summed E-state index contributed by atoms with van der Waals surface area (Å²) < 4.78 is 12.7. The summed E-state index contributed by atoms with van der Waals surface area (Å²) in [6.45, 7) is 2.07. The molecule has 1 aromatic rings. The fourth-order valence-corrected chi connectivity index (χ4v) is 2.40. The smallest absolute Gasteiger partial charge is 0.123 e. The van der Waals surface area contributed by atoms with E-state index in [2.05, 4.69) is 6.92 Å². The van der Waals surface area contributed by atoms with Gasteiger partial charge in [0.1, 0.15) is 5.82 Å². The molecular formula is C11H16FNS. The Morgan fingerprint density at radius 3 is 2.36 bits per heavy atom. The highest BCUT2D eigenvalue weighted by Gasteiger charge is 2.16. The number of halogens is 1. The van der Waals surface area contributed by atoms with Crippen molar-refractivity contribution in [3.63, 3.8) is 0 Å². The summed E-state index contributed by atoms with van der Waals surface area (Å²) >= 11 is 1.71. The lowest BCUT2D eigenvalue weighted by Gasteiger charge is -2.21. The predicted molar refractivity (Wildman–Crippen MR) is 60.9 cm³/mol. The van der Waals surface area contributed by atoms with Gasteiger partial charge in [-0.2, -0.15) is 11.8 Å². The van der Waals surface area contributed by atoms with Gasteiger partial charge in [-0.15, -0.1) is 0 Å². The van der Waals surface area contributed by atoms with E-state index in [1.54, 1.807) is 11.8 Å². The normalized spacial score (nSPS) is 15.1. The van der Waals surface area contributed by atoms with Crippen molar-refractivity contribution in [1.29, 1.82) is 0 Å². The van der Waals surface area contributed by atoms with Crippen molar-refractivity contribution in [3.05, 3.63) is 35.6 Å². The quantitative estimate of drug-likeness (QED) is 0.832. The van der Waals surface area contributed by atoms with E-state index < -0.39 is 0 Å². The van der Waals surface area contributed by atoms with Crippen molar-refractivity contribution in [2.45, 2.75) is 24.6 Å². The monoisotopic (exact) mass is 213 g/mol. The minimum atomic E-state index is -0.196. The summed E-state index contributed by atoms with van der Waals surface area (Å²) in [5, 5.41) is 0.264. The molecule has 0 saturated carbocycles. The molecule has 2 N–H and O–H groups in total. The number of rotatable bonds is 4. The Hall–Kier alpha value is -0.540. The standard InChI is InChI=1S/C11H16FNS/c1-3-10(13)11(14-2)8-4-6-9(12)7-5-8/h4-7,10-11H,3,13H2,1-2H3. The van der Waals surface area contributed by atoms with Crippen LogP contribution in [0.2, 0.25) is 0 Å². The molecular weight excluding hydrogens is 197 g/mol. The topological polar surface area (TPSA) is 26.0 Å². The second kappa shape index (κ2) is 5.37. The van der Waals surface area contributed by atoms with Crippen LogP contribution in [0, 0.1) is 5.82 Å². The molecule has 14 heavy (non-hydrogen) atoms. The van der Waals surface area contributed by atoms with Gasteiger partial charge in [0.15, 0.2) is 0 Å². The summed E-state index contributed by atoms with van der Waals surface area (Å²) in [5.41, 5.74) is 7.09. The molecule has 78 valence electrons. The van der Waals surface area contributed by atoms with Crippen molar-refractivity contribution in [1.82, 2.24) is 0 Å². The lowest BCUT2D eigenvalue weighted by molar-refractivity contribution is 0.618. The van der Waals surface area contributed by atoms with Gasteiger partial charge in [0.25, 0.3) is 0 Å². The molecule has 3 heteroatoms. The van der Waals surface area contributed by atoms with Gasteiger partial charge in [0.2, 0.25) is 0 Å². The first kappa shape index (κ1) is 11.5. The number of thioether (sulfide) groups is 1. The zero-order chi connectivity index (χ0) is 10.6. The Labute approximate surface area is 88.9 Å². The average Bonchev–Trinajstić information content (AvgIpc) is 2.21. The summed E-state index contributed by atoms with van der Waals surface area (Å²) in [4.78, 5) is 0. The van der Waals surface area contributed by atoms with Gasteiger partial charge in [0, 0.05) is 11.3 Å². The van der Waals surface area contributed by atoms with Crippen molar-refractivity contribution < 1.29 is 4.39 Å². The number of hydrogen-bond acceptors (Lipinski definition) is 2. The van der Waals surface area contributed by atoms with Gasteiger partial charge in [-0.3, -0.25) is 0 Å². The highest BCUT2D eigenvalue weighted by molar-refractivity contribution is 7.98. The van der Waals surface area contributed by atoms with Crippen molar-refractivity contribution in [2.24, 2.45) is 5.73 Å². The van der Waals surface area contributed by atoms with Crippen LogP contribution in [-0.4, -0.2) is 12.3 Å². The largest absolute Gasteiger partial charge is 0.326 e. The highest BCUT2D eigenvalue weighted by atomic mass is 32.2. The molecule has 1 rings (SSSR count). The molecule has 0 radical (unpaired) electrons. The number of hydrogen-bond donors (Lipinski definition) is 1. The molecule has 2 atom stereocenters. The van der Waals surface area contributed by atoms with Crippen LogP contribution in [-0.2, 0) is 0 Å². The first-order chi connectivity index (χ1) is 6.69. The molecule has 1 aromatic carbocycles. The molecule has 0 aliphatic heterocycles. The maximum Gasteiger partial charge on any atom is 0.123 e. The Kier molecular flexibility index (Phi) is 4.42. The molecule has 2 unspecified atom stereocenters. The fourth-order valence-electron chi connectivity index (χ4n) is 1.42. The summed E-state index contributed by atoms with van der Waals surface area (Å²) in [5.74, 6) is -0.196. The minimum absolute atomic E-state index is 0.135. The van der Waals surface area contributed by atoms with Crippen LogP contribution in [0.15, 0.2) is 24.3 Å². The zero-order valence-corrected chi connectivity index (χ0v) is 9.35. The average molecular weight is 213 g/mol. The predicted octanol–water partition coefficient (Wildman–Crippen LogP) is 2.97. The van der Waals surface area contributed by atoms with E-state index in [9.17, 15) is 4.39 Å². The molecule has 0 aromatic heterocycles. The van der Waals surface area contributed by atoms with Crippen LogP contribution in [0.4, 0.5) is 4.39 Å². The van der Waals surface area contributed by atoms with Gasteiger partial charge >= 0.3 is 0 Å². The highest BCUT2D eigenvalue weighted by Crippen LogP contribution is 2.30. The maximum atomic E-state index is 12.7. The molecule has 1 nitrogen and oxygen atoms in total. The first-order valence-corrected chi connectivity index (χ1v) is 6.01. The van der Waals surface area contributed by atoms with Gasteiger partial charge in [-0.1, -0.05) is 19.1 Å². The molecule has 0 amide bonds. The Bertz CT molecular complexity index is 273. The third-order valence-corrected chi connectivity index (χ3v) is 3.44. The molecule has 0 spiro atoms. The molecule has 0 aliphatic carbocycles. The molecule has 0 fully saturated rings.